The molecular weight excluding hydrogens is 233 g/mol. The average molecular weight is 247 g/mol. The Hall–Kier alpha value is -1.68. The molecule has 0 amide bonds. The summed E-state index contributed by atoms with van der Waals surface area (Å²) in [7, 11) is 0. The second kappa shape index (κ2) is 4.53. The van der Waals surface area contributed by atoms with Gasteiger partial charge in [0, 0.05) is 35.7 Å². The maximum Gasteiger partial charge on any atom is 0.167 e. The van der Waals surface area contributed by atoms with Crippen molar-refractivity contribution in [1.82, 2.24) is 4.98 Å². The molecule has 2 aromatic rings. The monoisotopic (exact) mass is 247 g/mol. The third kappa shape index (κ3) is 1.93. The fourth-order valence-corrected chi connectivity index (χ4v) is 2.48. The summed E-state index contributed by atoms with van der Waals surface area (Å²) in [6, 6.07) is 4.77. The van der Waals surface area contributed by atoms with Gasteiger partial charge in [0.1, 0.15) is 5.82 Å². The van der Waals surface area contributed by atoms with Gasteiger partial charge in [0.15, 0.2) is 5.78 Å². The lowest BCUT2D eigenvalue weighted by Crippen LogP contribution is -2.12. The van der Waals surface area contributed by atoms with Crippen LogP contribution in [0.25, 0.3) is 10.9 Å². The van der Waals surface area contributed by atoms with Crippen molar-refractivity contribution in [3.05, 3.63) is 35.8 Å². The zero-order valence-electron chi connectivity index (χ0n) is 9.91. The van der Waals surface area contributed by atoms with E-state index in [9.17, 15) is 9.18 Å². The minimum atomic E-state index is -0.357. The molecule has 1 N–H and O–H groups in total. The van der Waals surface area contributed by atoms with Gasteiger partial charge in [-0.05, 0) is 25.0 Å². The van der Waals surface area contributed by atoms with E-state index in [4.69, 9.17) is 4.74 Å². The number of hydrogen-bond acceptors (Lipinski definition) is 2. The van der Waals surface area contributed by atoms with E-state index in [0.717, 1.165) is 19.4 Å². The summed E-state index contributed by atoms with van der Waals surface area (Å²) in [5.74, 6) is -0.414. The molecule has 0 radical (unpaired) electrons. The summed E-state index contributed by atoms with van der Waals surface area (Å²) in [6.07, 6.45) is 3.83. The lowest BCUT2D eigenvalue weighted by Gasteiger charge is -2.07. The maximum atomic E-state index is 13.8. The molecule has 94 valence electrons. The number of aromatic amines is 1. The molecule has 1 aliphatic rings. The van der Waals surface area contributed by atoms with E-state index in [0.29, 0.717) is 22.9 Å². The van der Waals surface area contributed by atoms with Gasteiger partial charge >= 0.3 is 0 Å². The Morgan fingerprint density at radius 3 is 3.17 bits per heavy atom. The smallest absolute Gasteiger partial charge is 0.167 e. The molecule has 3 nitrogen and oxygen atoms in total. The Kier molecular flexibility index (Phi) is 2.88. The number of ether oxygens (including phenoxy) is 1. The number of ketones is 1. The molecule has 1 atom stereocenters. The van der Waals surface area contributed by atoms with Crippen molar-refractivity contribution in [2.45, 2.75) is 25.4 Å². The first-order chi connectivity index (χ1) is 8.75. The van der Waals surface area contributed by atoms with E-state index >= 15 is 0 Å². The van der Waals surface area contributed by atoms with Gasteiger partial charge in [0.05, 0.1) is 6.10 Å². The molecule has 3 rings (SSSR count). The third-order valence-electron chi connectivity index (χ3n) is 3.39. The van der Waals surface area contributed by atoms with Gasteiger partial charge < -0.3 is 9.72 Å². The molecule has 1 aromatic carbocycles. The second-order valence-corrected chi connectivity index (χ2v) is 4.63. The van der Waals surface area contributed by atoms with Crippen molar-refractivity contribution in [1.29, 1.82) is 0 Å². The molecule has 0 bridgehead atoms. The Balaban J connectivity index is 1.91. The number of carbonyl (C=O) groups excluding carboxylic acids is 1. The quantitative estimate of drug-likeness (QED) is 0.847. The van der Waals surface area contributed by atoms with Gasteiger partial charge in [0.25, 0.3) is 0 Å². The van der Waals surface area contributed by atoms with Crippen LogP contribution in [-0.4, -0.2) is 23.5 Å². The Bertz CT molecular complexity index is 584. The normalized spacial score (nSPS) is 19.5. The average Bonchev–Trinajstić information content (AvgIpc) is 2.97. The van der Waals surface area contributed by atoms with Gasteiger partial charge in [-0.15, -0.1) is 0 Å². The number of halogens is 1. The number of benzene rings is 1. The highest BCUT2D eigenvalue weighted by atomic mass is 19.1. The standard InChI is InChI=1S/C14H14FNO2/c15-11-4-1-5-12-14(11)10(8-16-12)13(17)7-9-3-2-6-18-9/h1,4-5,8-9,16H,2-3,6-7H2. The first-order valence-electron chi connectivity index (χ1n) is 6.16. The van der Waals surface area contributed by atoms with Gasteiger partial charge in [-0.25, -0.2) is 4.39 Å². The fraction of sp³-hybridized carbons (Fsp3) is 0.357. The third-order valence-corrected chi connectivity index (χ3v) is 3.39. The predicted molar refractivity (Wildman–Crippen MR) is 66.2 cm³/mol. The molecular formula is C14H14FNO2. The Morgan fingerprint density at radius 1 is 1.50 bits per heavy atom. The summed E-state index contributed by atoms with van der Waals surface area (Å²) in [5.41, 5.74) is 1.09. The van der Waals surface area contributed by atoms with Gasteiger partial charge in [-0.3, -0.25) is 4.79 Å². The highest BCUT2D eigenvalue weighted by Gasteiger charge is 2.22. The molecule has 1 fully saturated rings. The number of rotatable bonds is 3. The Morgan fingerprint density at radius 2 is 2.39 bits per heavy atom. The molecule has 4 heteroatoms. The second-order valence-electron chi connectivity index (χ2n) is 4.63. The van der Waals surface area contributed by atoms with Crippen LogP contribution in [0.4, 0.5) is 4.39 Å². The van der Waals surface area contributed by atoms with Crippen molar-refractivity contribution in [2.75, 3.05) is 6.61 Å². The van der Waals surface area contributed by atoms with Crippen LogP contribution < -0.4 is 0 Å². The van der Waals surface area contributed by atoms with Crippen molar-refractivity contribution in [2.24, 2.45) is 0 Å². The molecule has 1 aromatic heterocycles. The number of fused-ring (bicyclic) bond motifs is 1. The molecule has 1 aliphatic heterocycles. The largest absolute Gasteiger partial charge is 0.378 e. The van der Waals surface area contributed by atoms with Crippen molar-refractivity contribution < 1.29 is 13.9 Å². The van der Waals surface area contributed by atoms with Crippen LogP contribution in [0, 0.1) is 5.82 Å². The number of hydrogen-bond donors (Lipinski definition) is 1. The summed E-state index contributed by atoms with van der Waals surface area (Å²) in [6.45, 7) is 0.722. The highest BCUT2D eigenvalue weighted by molar-refractivity contribution is 6.08. The van der Waals surface area contributed by atoms with Crippen molar-refractivity contribution >= 4 is 16.7 Å². The molecule has 18 heavy (non-hydrogen) atoms. The molecule has 1 saturated heterocycles. The summed E-state index contributed by atoms with van der Waals surface area (Å²) < 4.78 is 19.2. The summed E-state index contributed by atoms with van der Waals surface area (Å²) in [4.78, 5) is 15.1. The first-order valence-corrected chi connectivity index (χ1v) is 6.16. The lowest BCUT2D eigenvalue weighted by molar-refractivity contribution is 0.0777. The van der Waals surface area contributed by atoms with E-state index < -0.39 is 0 Å². The van der Waals surface area contributed by atoms with E-state index in [2.05, 4.69) is 4.98 Å². The molecule has 2 heterocycles. The molecule has 0 spiro atoms. The van der Waals surface area contributed by atoms with Gasteiger partial charge in [0.2, 0.25) is 0 Å². The lowest BCUT2D eigenvalue weighted by atomic mass is 10.0. The minimum Gasteiger partial charge on any atom is -0.378 e. The minimum absolute atomic E-state index is 0.00535. The number of H-pyrrole nitrogens is 1. The zero-order chi connectivity index (χ0) is 12.5. The number of aromatic nitrogens is 1. The van der Waals surface area contributed by atoms with Crippen molar-refractivity contribution in [3.63, 3.8) is 0 Å². The van der Waals surface area contributed by atoms with Crippen LogP contribution in [0.1, 0.15) is 29.6 Å². The van der Waals surface area contributed by atoms with Crippen LogP contribution in [0.15, 0.2) is 24.4 Å². The highest BCUT2D eigenvalue weighted by Crippen LogP contribution is 2.25. The Labute approximate surface area is 104 Å². The first kappa shape index (κ1) is 11.4. The summed E-state index contributed by atoms with van der Waals surface area (Å²) in [5, 5.41) is 0.389. The van der Waals surface area contributed by atoms with E-state index in [1.165, 1.54) is 6.07 Å². The van der Waals surface area contributed by atoms with Gasteiger partial charge in [-0.2, -0.15) is 0 Å². The molecule has 0 saturated carbocycles. The van der Waals surface area contributed by atoms with Crippen LogP contribution in [0.3, 0.4) is 0 Å². The number of nitrogens with one attached hydrogen (secondary N) is 1. The molecule has 0 aliphatic carbocycles. The van der Waals surface area contributed by atoms with Crippen LogP contribution in [-0.2, 0) is 4.74 Å². The van der Waals surface area contributed by atoms with E-state index in [-0.39, 0.29) is 17.7 Å². The fourth-order valence-electron chi connectivity index (χ4n) is 2.48. The van der Waals surface area contributed by atoms with Crippen LogP contribution >= 0.6 is 0 Å². The molecule has 1 unspecified atom stereocenters. The maximum absolute atomic E-state index is 13.8. The van der Waals surface area contributed by atoms with E-state index in [1.54, 1.807) is 18.3 Å². The SMILES string of the molecule is O=C(CC1CCCO1)c1c[nH]c2cccc(F)c12. The topological polar surface area (TPSA) is 42.1 Å². The van der Waals surface area contributed by atoms with Gasteiger partial charge in [-0.1, -0.05) is 6.07 Å². The zero-order valence-corrected chi connectivity index (χ0v) is 9.91. The summed E-state index contributed by atoms with van der Waals surface area (Å²) >= 11 is 0. The van der Waals surface area contributed by atoms with Crippen molar-refractivity contribution in [3.8, 4) is 0 Å². The van der Waals surface area contributed by atoms with Crippen LogP contribution in [0.5, 0.6) is 0 Å². The van der Waals surface area contributed by atoms with Crippen LogP contribution in [0.2, 0.25) is 0 Å². The predicted octanol–water partition coefficient (Wildman–Crippen LogP) is 3.06. The number of Topliss-reactive ketones (excluding diaryl/α,β-unsaturated/α-hetero) is 1. The number of carbonyl (C=O) groups is 1. The van der Waals surface area contributed by atoms with E-state index in [1.807, 2.05) is 0 Å².